The van der Waals surface area contributed by atoms with E-state index < -0.39 is 5.97 Å². The van der Waals surface area contributed by atoms with E-state index in [2.05, 4.69) is 20.0 Å². The number of aromatic nitrogens is 4. The van der Waals surface area contributed by atoms with Crippen LogP contribution in [0.1, 0.15) is 36.2 Å². The molecule has 2 aromatic rings. The molecule has 2 aromatic heterocycles. The average Bonchev–Trinajstić information content (AvgIpc) is 2.84. The van der Waals surface area contributed by atoms with Gasteiger partial charge < -0.3 is 10.0 Å². The minimum Gasteiger partial charge on any atom is -0.476 e. The largest absolute Gasteiger partial charge is 0.476 e. The Bertz CT molecular complexity index is 632. The van der Waals surface area contributed by atoms with Crippen molar-refractivity contribution in [2.45, 2.75) is 25.7 Å². The molecular weight excluding hydrogens is 270 g/mol. The van der Waals surface area contributed by atoms with Crippen LogP contribution in [0.3, 0.4) is 0 Å². The third kappa shape index (κ3) is 2.86. The first kappa shape index (κ1) is 13.5. The first-order valence-corrected chi connectivity index (χ1v) is 7.11. The topological polar surface area (TPSA) is 84.1 Å². The minimum atomic E-state index is -1.05. The molecule has 0 amide bonds. The zero-order valence-electron chi connectivity index (χ0n) is 11.6. The monoisotopic (exact) mass is 287 g/mol. The van der Waals surface area contributed by atoms with Crippen molar-refractivity contribution in [1.82, 2.24) is 19.7 Å². The zero-order valence-corrected chi connectivity index (χ0v) is 11.6. The van der Waals surface area contributed by atoms with E-state index in [0.717, 1.165) is 31.7 Å². The molecule has 0 atom stereocenters. The molecule has 0 bridgehead atoms. The summed E-state index contributed by atoms with van der Waals surface area (Å²) in [6.07, 6.45) is 9.60. The van der Waals surface area contributed by atoms with Gasteiger partial charge in [0, 0.05) is 31.7 Å². The number of carboxylic acid groups (broad SMARTS) is 1. The van der Waals surface area contributed by atoms with Gasteiger partial charge in [-0.05, 0) is 18.9 Å². The van der Waals surface area contributed by atoms with Gasteiger partial charge in [-0.1, -0.05) is 12.8 Å². The van der Waals surface area contributed by atoms with Crippen LogP contribution in [0.5, 0.6) is 0 Å². The summed E-state index contributed by atoms with van der Waals surface area (Å²) in [6.45, 7) is 1.89. The maximum atomic E-state index is 11.0. The molecule has 0 saturated carbocycles. The van der Waals surface area contributed by atoms with Crippen LogP contribution in [0.15, 0.2) is 24.7 Å². The van der Waals surface area contributed by atoms with E-state index in [0.29, 0.717) is 5.82 Å². The number of aromatic carboxylic acids is 1. The van der Waals surface area contributed by atoms with Gasteiger partial charge in [0.2, 0.25) is 0 Å². The Morgan fingerprint density at radius 1 is 1.05 bits per heavy atom. The maximum Gasteiger partial charge on any atom is 0.356 e. The molecule has 7 nitrogen and oxygen atoms in total. The van der Waals surface area contributed by atoms with Crippen molar-refractivity contribution in [3.05, 3.63) is 30.4 Å². The van der Waals surface area contributed by atoms with Crippen LogP contribution in [0.25, 0.3) is 5.82 Å². The molecule has 1 fully saturated rings. The molecule has 21 heavy (non-hydrogen) atoms. The Hall–Kier alpha value is -2.44. The van der Waals surface area contributed by atoms with Gasteiger partial charge in [0.25, 0.3) is 0 Å². The number of hydrogen-bond donors (Lipinski definition) is 1. The predicted molar refractivity (Wildman–Crippen MR) is 76.8 cm³/mol. The molecule has 3 heterocycles. The second-order valence-corrected chi connectivity index (χ2v) is 5.06. The van der Waals surface area contributed by atoms with E-state index in [1.54, 1.807) is 18.6 Å². The van der Waals surface area contributed by atoms with Crippen molar-refractivity contribution in [2.24, 2.45) is 0 Å². The Kier molecular flexibility index (Phi) is 3.81. The van der Waals surface area contributed by atoms with Crippen molar-refractivity contribution in [1.29, 1.82) is 0 Å². The molecule has 0 aliphatic carbocycles. The lowest BCUT2D eigenvalue weighted by atomic mass is 10.2. The molecule has 0 aromatic carbocycles. The lowest BCUT2D eigenvalue weighted by molar-refractivity contribution is 0.0690. The second kappa shape index (κ2) is 5.90. The summed E-state index contributed by atoms with van der Waals surface area (Å²) in [7, 11) is 0. The van der Waals surface area contributed by atoms with E-state index in [4.69, 9.17) is 5.11 Å². The summed E-state index contributed by atoms with van der Waals surface area (Å²) in [5, 5.41) is 13.0. The molecule has 0 radical (unpaired) electrons. The highest BCUT2D eigenvalue weighted by Crippen LogP contribution is 2.22. The molecule has 110 valence electrons. The van der Waals surface area contributed by atoms with E-state index >= 15 is 0 Å². The summed E-state index contributed by atoms with van der Waals surface area (Å²) in [5.74, 6) is 0.292. The van der Waals surface area contributed by atoms with Gasteiger partial charge in [-0.15, -0.1) is 0 Å². The first-order valence-electron chi connectivity index (χ1n) is 7.11. The van der Waals surface area contributed by atoms with E-state index in [1.165, 1.54) is 23.6 Å². The van der Waals surface area contributed by atoms with Gasteiger partial charge in [-0.3, -0.25) is 0 Å². The number of nitrogens with zero attached hydrogens (tertiary/aromatic N) is 5. The van der Waals surface area contributed by atoms with Crippen LogP contribution in [-0.4, -0.2) is 43.9 Å². The van der Waals surface area contributed by atoms with Crippen molar-refractivity contribution in [3.8, 4) is 5.82 Å². The zero-order chi connectivity index (χ0) is 14.7. The summed E-state index contributed by atoms with van der Waals surface area (Å²) >= 11 is 0. The van der Waals surface area contributed by atoms with Crippen LogP contribution >= 0.6 is 0 Å². The highest BCUT2D eigenvalue weighted by atomic mass is 16.4. The van der Waals surface area contributed by atoms with Gasteiger partial charge in [0.15, 0.2) is 17.3 Å². The maximum absolute atomic E-state index is 11.0. The molecule has 0 spiro atoms. The van der Waals surface area contributed by atoms with Crippen molar-refractivity contribution >= 4 is 11.8 Å². The Balaban J connectivity index is 1.96. The Morgan fingerprint density at radius 3 is 2.33 bits per heavy atom. The number of anilines is 1. The molecule has 1 aliphatic rings. The average molecular weight is 287 g/mol. The number of carboxylic acids is 1. The van der Waals surface area contributed by atoms with Crippen molar-refractivity contribution < 1.29 is 9.90 Å². The highest BCUT2D eigenvalue weighted by Gasteiger charge is 2.18. The second-order valence-electron chi connectivity index (χ2n) is 5.06. The fourth-order valence-electron chi connectivity index (χ4n) is 2.55. The van der Waals surface area contributed by atoms with Crippen LogP contribution in [-0.2, 0) is 0 Å². The normalized spacial score (nSPS) is 15.7. The third-order valence-electron chi connectivity index (χ3n) is 3.59. The highest BCUT2D eigenvalue weighted by molar-refractivity contribution is 5.85. The Labute approximate surface area is 122 Å². The molecular formula is C14H17N5O2. The summed E-state index contributed by atoms with van der Waals surface area (Å²) < 4.78 is 1.48. The standard InChI is InChI=1S/C14H17N5O2/c20-14(21)11-5-10-19(17-11)13-12(15-6-7-16-13)18-8-3-1-2-4-9-18/h5-7,10H,1-4,8-9H2,(H,20,21). The van der Waals surface area contributed by atoms with Gasteiger partial charge in [-0.2, -0.15) is 5.10 Å². The van der Waals surface area contributed by atoms with Crippen LogP contribution in [0.4, 0.5) is 5.82 Å². The molecule has 1 N–H and O–H groups in total. The van der Waals surface area contributed by atoms with Crippen molar-refractivity contribution in [2.75, 3.05) is 18.0 Å². The molecule has 0 unspecified atom stereocenters. The van der Waals surface area contributed by atoms with Gasteiger partial charge in [0.05, 0.1) is 0 Å². The van der Waals surface area contributed by atoms with Gasteiger partial charge >= 0.3 is 5.97 Å². The quantitative estimate of drug-likeness (QED) is 0.925. The number of rotatable bonds is 3. The van der Waals surface area contributed by atoms with Crippen LogP contribution in [0.2, 0.25) is 0 Å². The summed E-state index contributed by atoms with van der Waals surface area (Å²) in [5.41, 5.74) is 0.00229. The van der Waals surface area contributed by atoms with Gasteiger partial charge in [0.1, 0.15) is 0 Å². The molecule has 1 saturated heterocycles. The first-order chi connectivity index (χ1) is 10.3. The van der Waals surface area contributed by atoms with Crippen molar-refractivity contribution in [3.63, 3.8) is 0 Å². The number of hydrogen-bond acceptors (Lipinski definition) is 5. The van der Waals surface area contributed by atoms with E-state index in [-0.39, 0.29) is 5.69 Å². The summed E-state index contributed by atoms with van der Waals surface area (Å²) in [4.78, 5) is 21.9. The Morgan fingerprint density at radius 2 is 1.71 bits per heavy atom. The predicted octanol–water partition coefficient (Wildman–Crippen LogP) is 1.74. The lowest BCUT2D eigenvalue weighted by Gasteiger charge is -2.22. The van der Waals surface area contributed by atoms with Gasteiger partial charge in [-0.25, -0.2) is 19.4 Å². The fourth-order valence-corrected chi connectivity index (χ4v) is 2.55. The molecule has 7 heteroatoms. The van der Waals surface area contributed by atoms with E-state index in [1.807, 2.05) is 0 Å². The third-order valence-corrected chi connectivity index (χ3v) is 3.59. The van der Waals surface area contributed by atoms with Crippen LogP contribution < -0.4 is 4.90 Å². The SMILES string of the molecule is O=C(O)c1ccn(-c2nccnc2N2CCCCCC2)n1. The molecule has 1 aliphatic heterocycles. The van der Waals surface area contributed by atoms with Crippen LogP contribution in [0, 0.1) is 0 Å². The minimum absolute atomic E-state index is 0.00229. The van der Waals surface area contributed by atoms with E-state index in [9.17, 15) is 4.79 Å². The molecule has 3 rings (SSSR count). The lowest BCUT2D eigenvalue weighted by Crippen LogP contribution is -2.26. The summed E-state index contributed by atoms with van der Waals surface area (Å²) in [6, 6.07) is 1.46. The smallest absolute Gasteiger partial charge is 0.356 e. The number of carbonyl (C=O) groups is 1. The fraction of sp³-hybridized carbons (Fsp3) is 0.429.